The molecule has 88 valence electrons. The molecule has 0 aliphatic heterocycles. The Morgan fingerprint density at radius 3 is 1.67 bits per heavy atom. The minimum absolute atomic E-state index is 0.0184. The van der Waals surface area contributed by atoms with Gasteiger partial charge in [-0.25, -0.2) is 0 Å². The van der Waals surface area contributed by atoms with E-state index in [1.165, 1.54) is 14.2 Å². The fourth-order valence-electron chi connectivity index (χ4n) is 1.54. The van der Waals surface area contributed by atoms with Crippen molar-refractivity contribution in [2.45, 2.75) is 33.1 Å². The van der Waals surface area contributed by atoms with Gasteiger partial charge in [-0.3, -0.25) is 9.59 Å². The Balaban J connectivity index is 4.17. The fraction of sp³-hybridized carbons (Fsp3) is 0.818. The summed E-state index contributed by atoms with van der Waals surface area (Å²) < 4.78 is 9.17. The number of hydrogen-bond donors (Lipinski definition) is 0. The van der Waals surface area contributed by atoms with Crippen molar-refractivity contribution in [2.75, 3.05) is 14.2 Å². The lowest BCUT2D eigenvalue weighted by molar-refractivity contribution is -0.144. The molecule has 0 aliphatic carbocycles. The average molecular weight is 216 g/mol. The topological polar surface area (TPSA) is 52.6 Å². The SMILES string of the molecule is COC(=O)CC(CC(=O)OC)CC(C)C. The summed E-state index contributed by atoms with van der Waals surface area (Å²) in [6.45, 7) is 4.11. The predicted octanol–water partition coefficient (Wildman–Crippen LogP) is 1.77. The van der Waals surface area contributed by atoms with Gasteiger partial charge in [0.25, 0.3) is 0 Å². The Morgan fingerprint density at radius 2 is 1.40 bits per heavy atom. The molecule has 0 bridgehead atoms. The summed E-state index contributed by atoms with van der Waals surface area (Å²) in [5.41, 5.74) is 0. The van der Waals surface area contributed by atoms with E-state index < -0.39 is 0 Å². The Morgan fingerprint density at radius 1 is 1.00 bits per heavy atom. The third-order valence-electron chi connectivity index (χ3n) is 2.17. The second kappa shape index (κ2) is 7.26. The molecule has 15 heavy (non-hydrogen) atoms. The van der Waals surface area contributed by atoms with Crippen molar-refractivity contribution in [3.05, 3.63) is 0 Å². The van der Waals surface area contributed by atoms with Gasteiger partial charge in [-0.05, 0) is 18.3 Å². The van der Waals surface area contributed by atoms with E-state index in [9.17, 15) is 9.59 Å². The van der Waals surface area contributed by atoms with Gasteiger partial charge >= 0.3 is 11.9 Å². The molecule has 0 amide bonds. The summed E-state index contributed by atoms with van der Waals surface area (Å²) in [4.78, 5) is 22.2. The van der Waals surface area contributed by atoms with Crippen LogP contribution in [-0.2, 0) is 19.1 Å². The van der Waals surface area contributed by atoms with E-state index in [0.717, 1.165) is 6.42 Å². The zero-order valence-corrected chi connectivity index (χ0v) is 9.91. The number of methoxy groups -OCH3 is 2. The third kappa shape index (κ3) is 6.94. The average Bonchev–Trinajstić information content (AvgIpc) is 2.16. The fourth-order valence-corrected chi connectivity index (χ4v) is 1.54. The van der Waals surface area contributed by atoms with Crippen molar-refractivity contribution in [3.63, 3.8) is 0 Å². The summed E-state index contributed by atoms with van der Waals surface area (Å²) in [6, 6.07) is 0. The van der Waals surface area contributed by atoms with E-state index >= 15 is 0 Å². The molecule has 4 heteroatoms. The molecule has 0 radical (unpaired) electrons. The van der Waals surface area contributed by atoms with Crippen LogP contribution in [0.25, 0.3) is 0 Å². The standard InChI is InChI=1S/C11H20O4/c1-8(2)5-9(6-10(12)14-3)7-11(13)15-4/h8-9H,5-7H2,1-4H3. The highest BCUT2D eigenvalue weighted by atomic mass is 16.5. The van der Waals surface area contributed by atoms with E-state index in [-0.39, 0.29) is 30.7 Å². The Hall–Kier alpha value is -1.06. The number of hydrogen-bond acceptors (Lipinski definition) is 4. The first kappa shape index (κ1) is 13.9. The maximum Gasteiger partial charge on any atom is 0.305 e. The van der Waals surface area contributed by atoms with Gasteiger partial charge in [-0.15, -0.1) is 0 Å². The van der Waals surface area contributed by atoms with E-state index in [0.29, 0.717) is 5.92 Å². The molecule has 0 aliphatic rings. The van der Waals surface area contributed by atoms with Crippen LogP contribution in [0.1, 0.15) is 33.1 Å². The van der Waals surface area contributed by atoms with E-state index in [4.69, 9.17) is 0 Å². The van der Waals surface area contributed by atoms with E-state index in [1.807, 2.05) is 0 Å². The second-order valence-electron chi connectivity index (χ2n) is 4.06. The largest absolute Gasteiger partial charge is 0.469 e. The van der Waals surface area contributed by atoms with E-state index in [1.54, 1.807) is 0 Å². The van der Waals surface area contributed by atoms with Crippen LogP contribution in [0.4, 0.5) is 0 Å². The van der Waals surface area contributed by atoms with Gasteiger partial charge in [0, 0.05) is 12.8 Å². The molecule has 4 nitrogen and oxygen atoms in total. The molecule has 0 rings (SSSR count). The van der Waals surface area contributed by atoms with Gasteiger partial charge < -0.3 is 9.47 Å². The first-order chi connectivity index (χ1) is 6.99. The van der Waals surface area contributed by atoms with Crippen molar-refractivity contribution < 1.29 is 19.1 Å². The number of esters is 2. The minimum atomic E-state index is -0.274. The third-order valence-corrected chi connectivity index (χ3v) is 2.17. The summed E-state index contributed by atoms with van der Waals surface area (Å²) in [5.74, 6) is -0.0803. The number of ether oxygens (including phenoxy) is 2. The summed E-state index contributed by atoms with van der Waals surface area (Å²) in [6.07, 6.45) is 1.39. The van der Waals surface area contributed by atoms with Crippen LogP contribution in [0.15, 0.2) is 0 Å². The number of rotatable bonds is 6. The molecule has 0 N–H and O–H groups in total. The molecule has 0 unspecified atom stereocenters. The van der Waals surface area contributed by atoms with Gasteiger partial charge in [0.2, 0.25) is 0 Å². The van der Waals surface area contributed by atoms with Crippen LogP contribution in [0.2, 0.25) is 0 Å². The molecule has 0 saturated heterocycles. The molecular formula is C11H20O4. The minimum Gasteiger partial charge on any atom is -0.469 e. The highest BCUT2D eigenvalue weighted by Crippen LogP contribution is 2.20. The Bertz CT molecular complexity index is 193. The van der Waals surface area contributed by atoms with Crippen molar-refractivity contribution >= 4 is 11.9 Å². The molecule has 0 fully saturated rings. The van der Waals surface area contributed by atoms with Crippen LogP contribution in [0, 0.1) is 11.8 Å². The second-order valence-corrected chi connectivity index (χ2v) is 4.06. The summed E-state index contributed by atoms with van der Waals surface area (Å²) in [5, 5.41) is 0. The smallest absolute Gasteiger partial charge is 0.305 e. The van der Waals surface area contributed by atoms with Crippen LogP contribution in [0.3, 0.4) is 0 Å². The monoisotopic (exact) mass is 216 g/mol. The lowest BCUT2D eigenvalue weighted by atomic mass is 9.91. The molecule has 0 aromatic rings. The number of carbonyl (C=O) groups is 2. The molecular weight excluding hydrogens is 196 g/mol. The normalized spacial score (nSPS) is 10.5. The molecule has 0 atom stereocenters. The maximum absolute atomic E-state index is 11.1. The molecule has 0 aromatic carbocycles. The summed E-state index contributed by atoms with van der Waals surface area (Å²) in [7, 11) is 2.71. The van der Waals surface area contributed by atoms with Crippen molar-refractivity contribution in [2.24, 2.45) is 11.8 Å². The predicted molar refractivity (Wildman–Crippen MR) is 56.2 cm³/mol. The van der Waals surface area contributed by atoms with Crippen LogP contribution in [0.5, 0.6) is 0 Å². The Kier molecular flexibility index (Phi) is 6.75. The van der Waals surface area contributed by atoms with Gasteiger partial charge in [-0.2, -0.15) is 0 Å². The van der Waals surface area contributed by atoms with Gasteiger partial charge in [0.05, 0.1) is 14.2 Å². The lowest BCUT2D eigenvalue weighted by Gasteiger charge is -2.16. The number of carbonyl (C=O) groups excluding carboxylic acids is 2. The molecule has 0 spiro atoms. The van der Waals surface area contributed by atoms with Crippen LogP contribution >= 0.6 is 0 Å². The van der Waals surface area contributed by atoms with Gasteiger partial charge in [0.15, 0.2) is 0 Å². The maximum atomic E-state index is 11.1. The van der Waals surface area contributed by atoms with Crippen molar-refractivity contribution in [1.29, 1.82) is 0 Å². The van der Waals surface area contributed by atoms with E-state index in [2.05, 4.69) is 23.3 Å². The quantitative estimate of drug-likeness (QED) is 0.635. The zero-order valence-electron chi connectivity index (χ0n) is 9.91. The molecule has 0 heterocycles. The van der Waals surface area contributed by atoms with Crippen LogP contribution in [-0.4, -0.2) is 26.2 Å². The lowest BCUT2D eigenvalue weighted by Crippen LogP contribution is -2.16. The molecule has 0 aromatic heterocycles. The first-order valence-corrected chi connectivity index (χ1v) is 5.13. The Labute approximate surface area is 90.9 Å². The van der Waals surface area contributed by atoms with Crippen molar-refractivity contribution in [3.8, 4) is 0 Å². The van der Waals surface area contributed by atoms with Gasteiger partial charge in [0.1, 0.15) is 0 Å². The zero-order chi connectivity index (χ0) is 11.8. The van der Waals surface area contributed by atoms with Gasteiger partial charge in [-0.1, -0.05) is 13.8 Å². The van der Waals surface area contributed by atoms with Crippen LogP contribution < -0.4 is 0 Å². The summed E-state index contributed by atoms with van der Waals surface area (Å²) >= 11 is 0. The molecule has 0 saturated carbocycles. The van der Waals surface area contributed by atoms with Crippen molar-refractivity contribution in [1.82, 2.24) is 0 Å². The highest BCUT2D eigenvalue weighted by molar-refractivity contribution is 5.73. The first-order valence-electron chi connectivity index (χ1n) is 5.13. The highest BCUT2D eigenvalue weighted by Gasteiger charge is 2.19.